The highest BCUT2D eigenvalue weighted by Gasteiger charge is 2.37. The number of hydrogen-bond donors (Lipinski definition) is 0. The Hall–Kier alpha value is -1.33. The Labute approximate surface area is 201 Å². The van der Waals surface area contributed by atoms with E-state index >= 15 is 0 Å². The summed E-state index contributed by atoms with van der Waals surface area (Å²) in [5, 5.41) is 2.38. The van der Waals surface area contributed by atoms with Gasteiger partial charge in [-0.2, -0.15) is 0 Å². The Kier molecular flexibility index (Phi) is 11.3. The number of benzene rings is 2. The van der Waals surface area contributed by atoms with E-state index < -0.39 is 0 Å². The Balaban J connectivity index is 1.92. The molecule has 33 heavy (non-hydrogen) atoms. The minimum atomic E-state index is -0.372. The highest BCUT2D eigenvalue weighted by Crippen LogP contribution is 2.27. The van der Waals surface area contributed by atoms with Gasteiger partial charge in [0.1, 0.15) is 24.4 Å². The Morgan fingerprint density at radius 2 is 1.73 bits per heavy atom. The van der Waals surface area contributed by atoms with Gasteiger partial charge in [0, 0.05) is 22.7 Å². The van der Waals surface area contributed by atoms with Gasteiger partial charge in [-0.25, -0.2) is 0 Å². The van der Waals surface area contributed by atoms with E-state index in [9.17, 15) is 0 Å². The molecule has 3 rings (SSSR count). The lowest BCUT2D eigenvalue weighted by Gasteiger charge is -2.37. The van der Waals surface area contributed by atoms with Crippen molar-refractivity contribution in [3.8, 4) is 0 Å². The molecule has 2 aromatic rings. The minimum absolute atomic E-state index is 0.309. The second-order valence-electron chi connectivity index (χ2n) is 8.55. The van der Waals surface area contributed by atoms with Crippen LogP contribution in [0.25, 0.3) is 10.8 Å². The summed E-state index contributed by atoms with van der Waals surface area (Å²) in [5.41, 5.74) is 2.25. The molecule has 1 aliphatic rings. The topological polar surface area (TPSA) is 46.2 Å². The smallest absolute Gasteiger partial charge is 0.116 e. The zero-order valence-electron chi connectivity index (χ0n) is 20.0. The number of ether oxygens (including phenoxy) is 4. The molecule has 5 nitrogen and oxygen atoms in total. The van der Waals surface area contributed by atoms with E-state index in [1.807, 2.05) is 6.08 Å². The summed E-state index contributed by atoms with van der Waals surface area (Å²) in [6.45, 7) is 11.0. The first-order valence-corrected chi connectivity index (χ1v) is 12.6. The van der Waals surface area contributed by atoms with Crippen molar-refractivity contribution in [2.75, 3.05) is 19.8 Å². The summed E-state index contributed by atoms with van der Waals surface area (Å²) in [7, 11) is 2.37. The third kappa shape index (κ3) is 7.32. The molecule has 0 saturated heterocycles. The molecule has 2 aromatic carbocycles. The molecule has 0 N–H and O–H groups in total. The Bertz CT molecular complexity index is 858. The summed E-state index contributed by atoms with van der Waals surface area (Å²) in [6, 6.07) is 12.8. The summed E-state index contributed by atoms with van der Waals surface area (Å²) in [5.74, 6) is 0. The Morgan fingerprint density at radius 3 is 2.36 bits per heavy atom. The van der Waals surface area contributed by atoms with Crippen molar-refractivity contribution in [3.05, 3.63) is 60.2 Å². The molecule has 0 aromatic heterocycles. The fourth-order valence-electron chi connectivity index (χ4n) is 4.10. The zero-order valence-corrected chi connectivity index (χ0v) is 21.2. The highest BCUT2D eigenvalue weighted by molar-refractivity contribution is 7.09. The molecule has 6 heteroatoms. The Morgan fingerprint density at radius 1 is 1.06 bits per heavy atom. The predicted octanol–water partition coefficient (Wildman–Crippen LogP) is 5.99. The van der Waals surface area contributed by atoms with Crippen molar-refractivity contribution in [2.45, 2.75) is 77.2 Å². The van der Waals surface area contributed by atoms with E-state index in [0.717, 1.165) is 36.8 Å². The van der Waals surface area contributed by atoms with Crippen LogP contribution in [-0.4, -0.2) is 44.2 Å². The van der Waals surface area contributed by atoms with Crippen LogP contribution in [0.3, 0.4) is 0 Å². The van der Waals surface area contributed by atoms with Gasteiger partial charge in [0.15, 0.2) is 0 Å². The first-order valence-electron chi connectivity index (χ1n) is 12.1. The van der Waals surface area contributed by atoms with Crippen molar-refractivity contribution in [1.29, 1.82) is 0 Å². The SMILES string of the molecule is C=C[C@@H](OCCCC)C1OCc2cc3ccccc3cc2COCC(OP)[C@H]1OCCCC. The second-order valence-corrected chi connectivity index (χ2v) is 8.82. The van der Waals surface area contributed by atoms with Crippen LogP contribution in [-0.2, 0) is 36.7 Å². The van der Waals surface area contributed by atoms with E-state index in [0.29, 0.717) is 33.0 Å². The van der Waals surface area contributed by atoms with Crippen LogP contribution in [0, 0.1) is 0 Å². The van der Waals surface area contributed by atoms with Gasteiger partial charge in [-0.1, -0.05) is 57.0 Å². The number of hydrogen-bond acceptors (Lipinski definition) is 5. The van der Waals surface area contributed by atoms with Gasteiger partial charge in [0.25, 0.3) is 0 Å². The van der Waals surface area contributed by atoms with E-state index in [-0.39, 0.29) is 24.4 Å². The van der Waals surface area contributed by atoms with Crippen molar-refractivity contribution in [3.63, 3.8) is 0 Å². The van der Waals surface area contributed by atoms with Crippen LogP contribution in [0.5, 0.6) is 0 Å². The molecule has 0 amide bonds. The zero-order chi connectivity index (χ0) is 23.5. The maximum Gasteiger partial charge on any atom is 0.116 e. The molecule has 1 aliphatic heterocycles. The minimum Gasteiger partial charge on any atom is -0.374 e. The van der Waals surface area contributed by atoms with E-state index in [1.165, 1.54) is 10.8 Å². The average molecular weight is 475 g/mol. The van der Waals surface area contributed by atoms with Crippen LogP contribution >= 0.6 is 9.47 Å². The third-order valence-electron chi connectivity index (χ3n) is 6.08. The van der Waals surface area contributed by atoms with Gasteiger partial charge in [-0.3, -0.25) is 0 Å². The van der Waals surface area contributed by atoms with Gasteiger partial charge in [0.2, 0.25) is 0 Å². The van der Waals surface area contributed by atoms with Gasteiger partial charge in [-0.05, 0) is 46.9 Å². The molecule has 3 unspecified atom stereocenters. The molecule has 0 bridgehead atoms. The normalized spacial score (nSPS) is 22.6. The van der Waals surface area contributed by atoms with E-state index in [2.05, 4.69) is 66.3 Å². The lowest BCUT2D eigenvalue weighted by Crippen LogP contribution is -2.50. The largest absolute Gasteiger partial charge is 0.374 e. The first-order chi connectivity index (χ1) is 16.2. The predicted molar refractivity (Wildman–Crippen MR) is 136 cm³/mol. The summed E-state index contributed by atoms with van der Waals surface area (Å²) < 4.78 is 31.1. The summed E-state index contributed by atoms with van der Waals surface area (Å²) in [4.78, 5) is 0. The second kappa shape index (κ2) is 14.2. The van der Waals surface area contributed by atoms with Crippen molar-refractivity contribution in [2.24, 2.45) is 0 Å². The highest BCUT2D eigenvalue weighted by atomic mass is 31.0. The van der Waals surface area contributed by atoms with E-state index in [1.54, 1.807) is 0 Å². The average Bonchev–Trinajstić information content (AvgIpc) is 2.84. The van der Waals surface area contributed by atoms with Crippen LogP contribution in [0.1, 0.15) is 50.7 Å². The first kappa shape index (κ1) is 26.3. The monoisotopic (exact) mass is 474 g/mol. The van der Waals surface area contributed by atoms with Crippen LogP contribution in [0.2, 0.25) is 0 Å². The summed E-state index contributed by atoms with van der Waals surface area (Å²) >= 11 is 0. The molecular weight excluding hydrogens is 435 g/mol. The fraction of sp³-hybridized carbons (Fsp3) is 0.556. The molecule has 0 fully saturated rings. The lowest BCUT2D eigenvalue weighted by atomic mass is 9.99. The fourth-order valence-corrected chi connectivity index (χ4v) is 4.33. The quantitative estimate of drug-likeness (QED) is 0.228. The molecule has 0 spiro atoms. The molecular formula is C27H39O5P. The van der Waals surface area contributed by atoms with Crippen molar-refractivity contribution in [1.82, 2.24) is 0 Å². The lowest BCUT2D eigenvalue weighted by molar-refractivity contribution is -0.168. The maximum atomic E-state index is 6.59. The number of rotatable bonds is 11. The van der Waals surface area contributed by atoms with E-state index in [4.69, 9.17) is 23.5 Å². The summed E-state index contributed by atoms with van der Waals surface area (Å²) in [6.07, 6.45) is 4.56. The molecule has 0 radical (unpaired) electrons. The molecule has 182 valence electrons. The van der Waals surface area contributed by atoms with Crippen molar-refractivity contribution >= 4 is 20.2 Å². The maximum absolute atomic E-state index is 6.59. The van der Waals surface area contributed by atoms with Crippen molar-refractivity contribution < 1.29 is 23.5 Å². The number of unbranched alkanes of at least 4 members (excludes halogenated alkanes) is 2. The van der Waals surface area contributed by atoms with Gasteiger partial charge in [0.05, 0.1) is 19.8 Å². The third-order valence-corrected chi connectivity index (χ3v) is 6.43. The number of fused-ring (bicyclic) bond motifs is 2. The van der Waals surface area contributed by atoms with Crippen LogP contribution in [0.4, 0.5) is 0 Å². The molecule has 1 heterocycles. The molecule has 5 atom stereocenters. The standard InChI is InChI=1S/C27H39O5P/c1-4-7-13-29-24(6-3)26-27(30-14-8-5-2)25(32-33)19-28-17-22-15-20-11-9-10-12-21(20)16-23(22)18-31-26/h6,9-12,15-16,24-27H,3-5,7-8,13-14,17-19,33H2,1-2H3/t24-,25?,26?,27-/m1/s1. The van der Waals surface area contributed by atoms with Gasteiger partial charge < -0.3 is 23.5 Å². The van der Waals surface area contributed by atoms with Gasteiger partial charge in [-0.15, -0.1) is 6.58 Å². The molecule has 0 aliphatic carbocycles. The van der Waals surface area contributed by atoms with Gasteiger partial charge >= 0.3 is 0 Å². The molecule has 0 saturated carbocycles. The van der Waals surface area contributed by atoms with Crippen LogP contribution < -0.4 is 0 Å². The van der Waals surface area contributed by atoms with Crippen LogP contribution in [0.15, 0.2) is 49.1 Å².